The van der Waals surface area contributed by atoms with Crippen LogP contribution in [-0.4, -0.2) is 15.6 Å². The van der Waals surface area contributed by atoms with Crippen molar-refractivity contribution in [3.8, 4) is 16.9 Å². The van der Waals surface area contributed by atoms with E-state index in [4.69, 9.17) is 11.6 Å². The standard InChI is InChI=1S/C28H22ClN3OS/c1-18-13-14-22(29)17-24(18)30-28-31-27(33)25(34-28)16-21-15-19(2)32(23-11-7-4-8-12-23)26(21)20-9-5-3-6-10-20/h3-17H,1-2H3,(H,30,31,33)/b25-16-. The van der Waals surface area contributed by atoms with Gasteiger partial charge in [-0.2, -0.15) is 0 Å². The molecule has 168 valence electrons. The van der Waals surface area contributed by atoms with E-state index in [-0.39, 0.29) is 5.91 Å². The van der Waals surface area contributed by atoms with Crippen molar-refractivity contribution in [3.63, 3.8) is 0 Å². The first-order chi connectivity index (χ1) is 16.5. The molecule has 1 fully saturated rings. The summed E-state index contributed by atoms with van der Waals surface area (Å²) in [7, 11) is 0. The number of hydrogen-bond acceptors (Lipinski definition) is 3. The van der Waals surface area contributed by atoms with E-state index >= 15 is 0 Å². The van der Waals surface area contributed by atoms with Crippen molar-refractivity contribution >= 4 is 46.2 Å². The van der Waals surface area contributed by atoms with Crippen molar-refractivity contribution in [1.29, 1.82) is 0 Å². The van der Waals surface area contributed by atoms with E-state index in [1.807, 2.05) is 61.5 Å². The van der Waals surface area contributed by atoms with Crippen LogP contribution in [0, 0.1) is 13.8 Å². The van der Waals surface area contributed by atoms with Crippen LogP contribution in [0.1, 0.15) is 16.8 Å². The van der Waals surface area contributed by atoms with Crippen LogP contribution >= 0.6 is 23.4 Å². The quantitative estimate of drug-likeness (QED) is 0.309. The minimum Gasteiger partial charge on any atom is -0.313 e. The highest BCUT2D eigenvalue weighted by Crippen LogP contribution is 2.35. The number of benzene rings is 3. The lowest BCUT2D eigenvalue weighted by atomic mass is 10.1. The maximum absolute atomic E-state index is 12.8. The summed E-state index contributed by atoms with van der Waals surface area (Å²) in [5, 5.41) is 4.04. The van der Waals surface area contributed by atoms with Crippen molar-refractivity contribution in [3.05, 3.63) is 112 Å². The Bertz CT molecular complexity index is 1440. The number of hydrogen-bond donors (Lipinski definition) is 1. The molecule has 4 aromatic rings. The van der Waals surface area contributed by atoms with E-state index in [1.165, 1.54) is 11.8 Å². The Kier molecular flexibility index (Phi) is 6.14. The fourth-order valence-corrected chi connectivity index (χ4v) is 5.00. The van der Waals surface area contributed by atoms with Gasteiger partial charge in [-0.05, 0) is 73.1 Å². The van der Waals surface area contributed by atoms with Crippen LogP contribution in [0.3, 0.4) is 0 Å². The van der Waals surface area contributed by atoms with Crippen molar-refractivity contribution in [2.45, 2.75) is 13.8 Å². The highest BCUT2D eigenvalue weighted by molar-refractivity contribution is 8.18. The Morgan fingerprint density at radius 1 is 0.941 bits per heavy atom. The van der Waals surface area contributed by atoms with Crippen LogP contribution in [0.2, 0.25) is 5.02 Å². The van der Waals surface area contributed by atoms with Crippen molar-refractivity contribution in [2.24, 2.45) is 4.99 Å². The second-order valence-electron chi connectivity index (χ2n) is 8.04. The number of carbonyl (C=O) groups is 1. The smallest absolute Gasteiger partial charge is 0.264 e. The number of thioether (sulfide) groups is 1. The monoisotopic (exact) mass is 483 g/mol. The third-order valence-electron chi connectivity index (χ3n) is 5.61. The lowest BCUT2D eigenvalue weighted by Gasteiger charge is -2.13. The Labute approximate surface area is 208 Å². The number of aromatic nitrogens is 1. The van der Waals surface area contributed by atoms with Gasteiger partial charge in [-0.15, -0.1) is 0 Å². The number of amidine groups is 1. The summed E-state index contributed by atoms with van der Waals surface area (Å²) in [5.41, 5.74) is 7.00. The zero-order valence-electron chi connectivity index (χ0n) is 18.7. The molecule has 0 radical (unpaired) electrons. The topological polar surface area (TPSA) is 46.4 Å². The maximum atomic E-state index is 12.8. The van der Waals surface area contributed by atoms with Crippen LogP contribution in [0.4, 0.5) is 5.69 Å². The van der Waals surface area contributed by atoms with Crippen LogP contribution in [0.15, 0.2) is 94.8 Å². The van der Waals surface area contributed by atoms with Gasteiger partial charge in [0.2, 0.25) is 0 Å². The number of aryl methyl sites for hydroxylation is 2. The molecule has 0 saturated carbocycles. The molecule has 1 aliphatic rings. The normalized spacial score (nSPS) is 15.8. The number of para-hydroxylation sites is 1. The predicted molar refractivity (Wildman–Crippen MR) is 143 cm³/mol. The second-order valence-corrected chi connectivity index (χ2v) is 9.51. The lowest BCUT2D eigenvalue weighted by molar-refractivity contribution is -0.115. The highest BCUT2D eigenvalue weighted by Gasteiger charge is 2.25. The molecule has 2 heterocycles. The number of rotatable bonds is 4. The summed E-state index contributed by atoms with van der Waals surface area (Å²) >= 11 is 7.47. The molecule has 1 aromatic heterocycles. The number of nitrogens with one attached hydrogen (secondary N) is 1. The minimum absolute atomic E-state index is 0.160. The number of aliphatic imine (C=N–C) groups is 1. The summed E-state index contributed by atoms with van der Waals surface area (Å²) in [4.78, 5) is 18.1. The summed E-state index contributed by atoms with van der Waals surface area (Å²) < 4.78 is 2.23. The first-order valence-electron chi connectivity index (χ1n) is 10.9. The highest BCUT2D eigenvalue weighted by atomic mass is 35.5. The molecule has 1 amide bonds. The molecule has 0 unspecified atom stereocenters. The zero-order valence-corrected chi connectivity index (χ0v) is 20.3. The molecule has 1 saturated heterocycles. The van der Waals surface area contributed by atoms with E-state index in [0.717, 1.165) is 39.5 Å². The average molecular weight is 484 g/mol. The predicted octanol–water partition coefficient (Wildman–Crippen LogP) is 7.31. The van der Waals surface area contributed by atoms with Gasteiger partial charge in [-0.25, -0.2) is 4.99 Å². The van der Waals surface area contributed by atoms with E-state index in [2.05, 4.69) is 52.1 Å². The molecule has 1 N–H and O–H groups in total. The molecule has 0 atom stereocenters. The van der Waals surface area contributed by atoms with E-state index in [1.54, 1.807) is 6.07 Å². The minimum atomic E-state index is -0.160. The first-order valence-corrected chi connectivity index (χ1v) is 12.1. The van der Waals surface area contributed by atoms with Crippen LogP contribution in [0.25, 0.3) is 23.0 Å². The largest absolute Gasteiger partial charge is 0.313 e. The molecular weight excluding hydrogens is 462 g/mol. The van der Waals surface area contributed by atoms with Crippen molar-refractivity contribution in [1.82, 2.24) is 9.88 Å². The number of halogens is 1. The molecule has 6 heteroatoms. The zero-order chi connectivity index (χ0) is 23.7. The molecule has 0 bridgehead atoms. The van der Waals surface area contributed by atoms with E-state index < -0.39 is 0 Å². The summed E-state index contributed by atoms with van der Waals surface area (Å²) in [6.07, 6.45) is 1.95. The van der Waals surface area contributed by atoms with Gasteiger partial charge in [-0.1, -0.05) is 66.2 Å². The fourth-order valence-electron chi connectivity index (χ4n) is 4.01. The van der Waals surface area contributed by atoms with Gasteiger partial charge in [0.05, 0.1) is 16.3 Å². The fraction of sp³-hybridized carbons (Fsp3) is 0.0714. The van der Waals surface area contributed by atoms with Gasteiger partial charge in [0, 0.05) is 22.0 Å². The molecule has 0 aliphatic carbocycles. The summed E-state index contributed by atoms with van der Waals surface area (Å²) in [6.45, 7) is 4.05. The first kappa shape index (κ1) is 22.3. The summed E-state index contributed by atoms with van der Waals surface area (Å²) in [5.74, 6) is -0.160. The van der Waals surface area contributed by atoms with Gasteiger partial charge < -0.3 is 9.88 Å². The number of nitrogens with zero attached hydrogens (tertiary/aromatic N) is 2. The summed E-state index contributed by atoms with van der Waals surface area (Å²) in [6, 6.07) is 28.2. The van der Waals surface area contributed by atoms with Gasteiger partial charge in [0.1, 0.15) is 0 Å². The molecule has 4 nitrogen and oxygen atoms in total. The number of amides is 1. The van der Waals surface area contributed by atoms with Crippen LogP contribution in [0.5, 0.6) is 0 Å². The molecule has 5 rings (SSSR count). The average Bonchev–Trinajstić information content (AvgIpc) is 3.35. The third-order valence-corrected chi connectivity index (χ3v) is 6.75. The maximum Gasteiger partial charge on any atom is 0.264 e. The van der Waals surface area contributed by atoms with Gasteiger partial charge in [0.15, 0.2) is 5.17 Å². The molecule has 1 aliphatic heterocycles. The Morgan fingerprint density at radius 2 is 1.65 bits per heavy atom. The van der Waals surface area contributed by atoms with Crippen LogP contribution in [-0.2, 0) is 4.79 Å². The SMILES string of the molecule is Cc1ccc(Cl)cc1N=C1NC(=O)/C(=C/c2cc(C)n(-c3ccccc3)c2-c2ccccc2)S1. The van der Waals surface area contributed by atoms with E-state index in [9.17, 15) is 4.79 Å². The van der Waals surface area contributed by atoms with Gasteiger partial charge in [0.25, 0.3) is 5.91 Å². The molecule has 0 spiro atoms. The molecular formula is C28H22ClN3OS. The Balaban J connectivity index is 1.58. The van der Waals surface area contributed by atoms with Gasteiger partial charge >= 0.3 is 0 Å². The van der Waals surface area contributed by atoms with Crippen molar-refractivity contribution in [2.75, 3.05) is 0 Å². The number of carbonyl (C=O) groups excluding carboxylic acids is 1. The molecule has 34 heavy (non-hydrogen) atoms. The Morgan fingerprint density at radius 3 is 2.38 bits per heavy atom. The van der Waals surface area contributed by atoms with E-state index in [0.29, 0.717) is 15.1 Å². The third kappa shape index (κ3) is 4.45. The van der Waals surface area contributed by atoms with Gasteiger partial charge in [-0.3, -0.25) is 4.79 Å². The molecule has 3 aromatic carbocycles. The van der Waals surface area contributed by atoms with Crippen molar-refractivity contribution < 1.29 is 4.79 Å². The Hall–Kier alpha value is -3.54. The van der Waals surface area contributed by atoms with Crippen LogP contribution < -0.4 is 5.32 Å². The second kappa shape index (κ2) is 9.37. The lowest BCUT2D eigenvalue weighted by Crippen LogP contribution is -2.19.